The third-order valence-electron chi connectivity index (χ3n) is 4.06. The number of rotatable bonds is 4. The van der Waals surface area contributed by atoms with Gasteiger partial charge in [0.05, 0.1) is 5.52 Å². The Labute approximate surface area is 144 Å². The Hall–Kier alpha value is -3.34. The van der Waals surface area contributed by atoms with Crippen LogP contribution in [-0.2, 0) is 0 Å². The second kappa shape index (κ2) is 6.28. The summed E-state index contributed by atoms with van der Waals surface area (Å²) in [6.07, 6.45) is 1.80. The van der Waals surface area contributed by atoms with Gasteiger partial charge in [-0.2, -0.15) is 0 Å². The van der Waals surface area contributed by atoms with Crippen molar-refractivity contribution in [3.8, 4) is 11.3 Å². The number of nitrogens with zero attached hydrogens (tertiary/aromatic N) is 1. The van der Waals surface area contributed by atoms with Gasteiger partial charge in [0.1, 0.15) is 11.6 Å². The van der Waals surface area contributed by atoms with Crippen molar-refractivity contribution in [3.63, 3.8) is 0 Å². The van der Waals surface area contributed by atoms with Crippen molar-refractivity contribution in [2.24, 2.45) is 0 Å². The van der Waals surface area contributed by atoms with Gasteiger partial charge in [-0.25, -0.2) is 9.37 Å². The predicted octanol–water partition coefficient (Wildman–Crippen LogP) is 5.15. The lowest BCUT2D eigenvalue weighted by molar-refractivity contribution is 0.628. The highest BCUT2D eigenvalue weighted by Crippen LogP contribution is 2.26. The van der Waals surface area contributed by atoms with Crippen molar-refractivity contribution < 1.29 is 4.39 Å². The van der Waals surface area contributed by atoms with Gasteiger partial charge in [-0.3, -0.25) is 0 Å². The van der Waals surface area contributed by atoms with E-state index >= 15 is 0 Å². The molecule has 124 valence electrons. The normalized spacial score (nSPS) is 10.8. The standard InChI is InChI=1S/C20H17FN4/c1-22-16-6-3-7-17(10-16)24-20-11-19-14(12-23-20)9-18(25-19)13-4-2-5-15(21)8-13/h2-12,22,25H,1H3,(H,23,24). The molecule has 5 heteroatoms. The van der Waals surface area contributed by atoms with E-state index in [0.717, 1.165) is 39.4 Å². The largest absolute Gasteiger partial charge is 0.388 e. The Morgan fingerprint density at radius 1 is 0.960 bits per heavy atom. The smallest absolute Gasteiger partial charge is 0.132 e. The Kier molecular flexibility index (Phi) is 3.82. The second-order valence-electron chi connectivity index (χ2n) is 5.81. The average Bonchev–Trinajstić information content (AvgIpc) is 3.05. The number of aromatic amines is 1. The molecule has 4 nitrogen and oxygen atoms in total. The number of hydrogen-bond donors (Lipinski definition) is 3. The molecule has 0 unspecified atom stereocenters. The van der Waals surface area contributed by atoms with E-state index in [1.165, 1.54) is 12.1 Å². The summed E-state index contributed by atoms with van der Waals surface area (Å²) < 4.78 is 13.4. The van der Waals surface area contributed by atoms with Crippen LogP contribution >= 0.6 is 0 Å². The molecule has 2 heterocycles. The summed E-state index contributed by atoms with van der Waals surface area (Å²) >= 11 is 0. The van der Waals surface area contributed by atoms with Crippen LogP contribution in [0.5, 0.6) is 0 Å². The summed E-state index contributed by atoms with van der Waals surface area (Å²) in [4.78, 5) is 7.79. The second-order valence-corrected chi connectivity index (χ2v) is 5.81. The summed E-state index contributed by atoms with van der Waals surface area (Å²) in [6, 6.07) is 18.4. The first-order valence-electron chi connectivity index (χ1n) is 8.01. The van der Waals surface area contributed by atoms with E-state index in [1.54, 1.807) is 12.3 Å². The number of fused-ring (bicyclic) bond motifs is 1. The van der Waals surface area contributed by atoms with E-state index in [9.17, 15) is 4.39 Å². The SMILES string of the molecule is CNc1cccc(Nc2cc3[nH]c(-c4cccc(F)c4)cc3cn2)c1. The third kappa shape index (κ3) is 3.17. The Bertz CT molecular complexity index is 1040. The average molecular weight is 332 g/mol. The quantitative estimate of drug-likeness (QED) is 0.484. The van der Waals surface area contributed by atoms with Crippen LogP contribution in [-0.4, -0.2) is 17.0 Å². The van der Waals surface area contributed by atoms with Gasteiger partial charge < -0.3 is 15.6 Å². The summed E-state index contributed by atoms with van der Waals surface area (Å²) in [6.45, 7) is 0. The van der Waals surface area contributed by atoms with E-state index in [4.69, 9.17) is 0 Å². The zero-order valence-corrected chi connectivity index (χ0v) is 13.7. The molecule has 0 fully saturated rings. The van der Waals surface area contributed by atoms with Gasteiger partial charge >= 0.3 is 0 Å². The Balaban J connectivity index is 1.66. The third-order valence-corrected chi connectivity index (χ3v) is 4.06. The van der Waals surface area contributed by atoms with Gasteiger partial charge in [0.2, 0.25) is 0 Å². The number of anilines is 3. The van der Waals surface area contributed by atoms with Crippen LogP contribution in [0.3, 0.4) is 0 Å². The summed E-state index contributed by atoms with van der Waals surface area (Å²) in [7, 11) is 1.89. The van der Waals surface area contributed by atoms with Crippen molar-refractivity contribution in [1.29, 1.82) is 0 Å². The van der Waals surface area contributed by atoms with Gasteiger partial charge in [-0.15, -0.1) is 0 Å². The number of nitrogens with one attached hydrogen (secondary N) is 3. The molecule has 3 N–H and O–H groups in total. The van der Waals surface area contributed by atoms with E-state index in [1.807, 2.05) is 49.5 Å². The minimum atomic E-state index is -0.249. The van der Waals surface area contributed by atoms with Crippen molar-refractivity contribution >= 4 is 28.1 Å². The topological polar surface area (TPSA) is 52.7 Å². The maximum atomic E-state index is 13.4. The number of aromatic nitrogens is 2. The number of pyridine rings is 1. The van der Waals surface area contributed by atoms with E-state index in [-0.39, 0.29) is 5.82 Å². The number of H-pyrrole nitrogens is 1. The van der Waals surface area contributed by atoms with Crippen molar-refractivity contribution in [2.75, 3.05) is 17.7 Å². The lowest BCUT2D eigenvalue weighted by atomic mass is 10.1. The van der Waals surface area contributed by atoms with E-state index in [2.05, 4.69) is 20.6 Å². The molecule has 4 rings (SSSR count). The molecule has 2 aromatic carbocycles. The zero-order valence-electron chi connectivity index (χ0n) is 13.7. The highest BCUT2D eigenvalue weighted by Gasteiger charge is 2.06. The van der Waals surface area contributed by atoms with Gasteiger partial charge in [-0.1, -0.05) is 18.2 Å². The van der Waals surface area contributed by atoms with Crippen LogP contribution in [0.4, 0.5) is 21.6 Å². The van der Waals surface area contributed by atoms with E-state index < -0.39 is 0 Å². The van der Waals surface area contributed by atoms with Crippen LogP contribution in [0.1, 0.15) is 0 Å². The first-order chi connectivity index (χ1) is 12.2. The molecule has 0 saturated carbocycles. The van der Waals surface area contributed by atoms with Gasteiger partial charge in [-0.05, 0) is 36.4 Å². The van der Waals surface area contributed by atoms with Gasteiger partial charge in [0, 0.05) is 47.3 Å². The van der Waals surface area contributed by atoms with Gasteiger partial charge in [0.15, 0.2) is 0 Å². The molecule has 0 aliphatic carbocycles. The van der Waals surface area contributed by atoms with Crippen LogP contribution in [0.15, 0.2) is 66.9 Å². The lowest BCUT2D eigenvalue weighted by Gasteiger charge is -2.07. The monoisotopic (exact) mass is 332 g/mol. The molecule has 4 aromatic rings. The van der Waals surface area contributed by atoms with Crippen LogP contribution in [0, 0.1) is 5.82 Å². The predicted molar refractivity (Wildman–Crippen MR) is 101 cm³/mol. The molecular formula is C20H17FN4. The summed E-state index contributed by atoms with van der Waals surface area (Å²) in [5, 5.41) is 7.39. The molecule has 0 aliphatic rings. The highest BCUT2D eigenvalue weighted by molar-refractivity contribution is 5.87. The minimum Gasteiger partial charge on any atom is -0.388 e. The van der Waals surface area contributed by atoms with Crippen molar-refractivity contribution in [1.82, 2.24) is 9.97 Å². The fraction of sp³-hybridized carbons (Fsp3) is 0.0500. The maximum Gasteiger partial charge on any atom is 0.132 e. The molecule has 0 radical (unpaired) electrons. The number of halogens is 1. The minimum absolute atomic E-state index is 0.249. The van der Waals surface area contributed by atoms with Crippen molar-refractivity contribution in [2.45, 2.75) is 0 Å². The van der Waals surface area contributed by atoms with Crippen LogP contribution in [0.2, 0.25) is 0 Å². The van der Waals surface area contributed by atoms with Gasteiger partial charge in [0.25, 0.3) is 0 Å². The molecule has 0 aliphatic heterocycles. The fourth-order valence-electron chi connectivity index (χ4n) is 2.81. The molecule has 0 amide bonds. The fourth-order valence-corrected chi connectivity index (χ4v) is 2.81. The Morgan fingerprint density at radius 2 is 1.80 bits per heavy atom. The Morgan fingerprint density at radius 3 is 2.64 bits per heavy atom. The first kappa shape index (κ1) is 15.2. The van der Waals surface area contributed by atoms with Crippen LogP contribution in [0.25, 0.3) is 22.2 Å². The first-order valence-corrected chi connectivity index (χ1v) is 8.01. The molecule has 0 bridgehead atoms. The number of benzene rings is 2. The molecule has 0 atom stereocenters. The molecule has 2 aromatic heterocycles. The molecule has 0 spiro atoms. The van der Waals surface area contributed by atoms with E-state index in [0.29, 0.717) is 0 Å². The molecule has 0 saturated heterocycles. The zero-order chi connectivity index (χ0) is 17.2. The van der Waals surface area contributed by atoms with Crippen molar-refractivity contribution in [3.05, 3.63) is 72.7 Å². The summed E-state index contributed by atoms with van der Waals surface area (Å²) in [5.74, 6) is 0.495. The van der Waals surface area contributed by atoms with Crippen LogP contribution < -0.4 is 10.6 Å². The highest BCUT2D eigenvalue weighted by atomic mass is 19.1. The number of hydrogen-bond acceptors (Lipinski definition) is 3. The summed E-state index contributed by atoms with van der Waals surface area (Å²) in [5.41, 5.74) is 4.61. The molecule has 25 heavy (non-hydrogen) atoms. The molecular weight excluding hydrogens is 315 g/mol. The maximum absolute atomic E-state index is 13.4. The lowest BCUT2D eigenvalue weighted by Crippen LogP contribution is -1.94.